The number of hydrogen-bond donors (Lipinski definition) is 2. The minimum atomic E-state index is -0.0483. The van der Waals surface area contributed by atoms with Crippen LogP contribution in [0.25, 0.3) is 0 Å². The molecule has 0 aliphatic heterocycles. The van der Waals surface area contributed by atoms with Crippen molar-refractivity contribution in [1.82, 2.24) is 5.32 Å². The van der Waals surface area contributed by atoms with Crippen molar-refractivity contribution < 1.29 is 9.84 Å². The van der Waals surface area contributed by atoms with Crippen LogP contribution in [0.2, 0.25) is 0 Å². The molecule has 94 valence electrons. The van der Waals surface area contributed by atoms with Crippen molar-refractivity contribution in [1.29, 1.82) is 0 Å². The van der Waals surface area contributed by atoms with Crippen molar-refractivity contribution in [3.8, 4) is 0 Å². The van der Waals surface area contributed by atoms with Gasteiger partial charge in [-0.1, -0.05) is 12.8 Å². The molecular formula is C13H25NO2. The SMILES string of the molecule is OC1CCC(NCCOC2CCCC2)CC1. The van der Waals surface area contributed by atoms with Crippen LogP contribution in [0, 0.1) is 0 Å². The molecule has 0 aromatic carbocycles. The van der Waals surface area contributed by atoms with E-state index < -0.39 is 0 Å². The van der Waals surface area contributed by atoms with Gasteiger partial charge in [-0.05, 0) is 38.5 Å². The molecule has 2 saturated carbocycles. The third kappa shape index (κ3) is 4.04. The predicted molar refractivity (Wildman–Crippen MR) is 64.5 cm³/mol. The maximum absolute atomic E-state index is 9.39. The molecule has 3 heteroatoms. The summed E-state index contributed by atoms with van der Waals surface area (Å²) in [4.78, 5) is 0. The maximum Gasteiger partial charge on any atom is 0.0594 e. The van der Waals surface area contributed by atoms with E-state index in [-0.39, 0.29) is 6.10 Å². The molecule has 0 heterocycles. The molecule has 2 aliphatic carbocycles. The van der Waals surface area contributed by atoms with Crippen LogP contribution in [0.4, 0.5) is 0 Å². The fourth-order valence-corrected chi connectivity index (χ4v) is 2.82. The Labute approximate surface area is 98.6 Å². The molecule has 2 fully saturated rings. The van der Waals surface area contributed by atoms with Gasteiger partial charge in [0.25, 0.3) is 0 Å². The first-order chi connectivity index (χ1) is 7.84. The molecule has 0 atom stereocenters. The predicted octanol–water partition coefficient (Wildman–Crippen LogP) is 1.84. The lowest BCUT2D eigenvalue weighted by Gasteiger charge is -2.26. The highest BCUT2D eigenvalue weighted by Crippen LogP contribution is 2.21. The summed E-state index contributed by atoms with van der Waals surface area (Å²) in [7, 11) is 0. The number of rotatable bonds is 5. The van der Waals surface area contributed by atoms with Gasteiger partial charge in [0.1, 0.15) is 0 Å². The van der Waals surface area contributed by atoms with Crippen molar-refractivity contribution in [2.45, 2.75) is 69.6 Å². The fourth-order valence-electron chi connectivity index (χ4n) is 2.82. The third-order valence-electron chi connectivity index (χ3n) is 3.89. The van der Waals surface area contributed by atoms with Crippen molar-refractivity contribution in [3.05, 3.63) is 0 Å². The molecule has 2 N–H and O–H groups in total. The molecular weight excluding hydrogens is 202 g/mol. The lowest BCUT2D eigenvalue weighted by atomic mass is 9.93. The van der Waals surface area contributed by atoms with Gasteiger partial charge in [-0.25, -0.2) is 0 Å². The molecule has 3 nitrogen and oxygen atoms in total. The summed E-state index contributed by atoms with van der Waals surface area (Å²) in [5.41, 5.74) is 0. The van der Waals surface area contributed by atoms with Gasteiger partial charge >= 0.3 is 0 Å². The lowest BCUT2D eigenvalue weighted by Crippen LogP contribution is -2.36. The molecule has 0 radical (unpaired) electrons. The van der Waals surface area contributed by atoms with E-state index >= 15 is 0 Å². The van der Waals surface area contributed by atoms with E-state index in [1.165, 1.54) is 25.7 Å². The van der Waals surface area contributed by atoms with Gasteiger partial charge < -0.3 is 15.2 Å². The number of nitrogens with one attached hydrogen (secondary N) is 1. The monoisotopic (exact) mass is 227 g/mol. The van der Waals surface area contributed by atoms with Crippen LogP contribution in [0.3, 0.4) is 0 Å². The second-order valence-electron chi connectivity index (χ2n) is 5.24. The zero-order valence-corrected chi connectivity index (χ0v) is 10.2. The molecule has 2 rings (SSSR count). The highest BCUT2D eigenvalue weighted by molar-refractivity contribution is 4.76. The molecule has 0 amide bonds. The number of hydrogen-bond acceptors (Lipinski definition) is 3. The topological polar surface area (TPSA) is 41.5 Å². The largest absolute Gasteiger partial charge is 0.393 e. The van der Waals surface area contributed by atoms with Crippen molar-refractivity contribution in [2.24, 2.45) is 0 Å². The van der Waals surface area contributed by atoms with E-state index in [4.69, 9.17) is 4.74 Å². The van der Waals surface area contributed by atoms with Gasteiger partial charge in [0.2, 0.25) is 0 Å². The minimum Gasteiger partial charge on any atom is -0.393 e. The van der Waals surface area contributed by atoms with Crippen LogP contribution in [-0.4, -0.2) is 36.5 Å². The van der Waals surface area contributed by atoms with Crippen LogP contribution in [-0.2, 0) is 4.74 Å². The summed E-state index contributed by atoms with van der Waals surface area (Å²) in [6.45, 7) is 1.82. The molecule has 0 aromatic heterocycles. The number of aliphatic hydroxyl groups is 1. The van der Waals surface area contributed by atoms with E-state index in [0.717, 1.165) is 38.8 Å². The van der Waals surface area contributed by atoms with E-state index in [9.17, 15) is 5.11 Å². The zero-order valence-electron chi connectivity index (χ0n) is 10.2. The summed E-state index contributed by atoms with van der Waals surface area (Å²) in [5, 5.41) is 12.9. The molecule has 0 aromatic rings. The normalized spacial score (nSPS) is 32.1. The van der Waals surface area contributed by atoms with E-state index in [1.807, 2.05) is 0 Å². The molecule has 0 bridgehead atoms. The summed E-state index contributed by atoms with van der Waals surface area (Å²) in [6.07, 6.45) is 9.85. The van der Waals surface area contributed by atoms with Gasteiger partial charge in [0.05, 0.1) is 18.8 Å². The van der Waals surface area contributed by atoms with Crippen molar-refractivity contribution in [3.63, 3.8) is 0 Å². The maximum atomic E-state index is 9.39. The van der Waals surface area contributed by atoms with Gasteiger partial charge in [0, 0.05) is 12.6 Å². The average molecular weight is 227 g/mol. The Morgan fingerprint density at radius 2 is 1.69 bits per heavy atom. The fraction of sp³-hybridized carbons (Fsp3) is 1.00. The Balaban J connectivity index is 1.48. The van der Waals surface area contributed by atoms with Crippen molar-refractivity contribution >= 4 is 0 Å². The Morgan fingerprint density at radius 1 is 1.00 bits per heavy atom. The first kappa shape index (κ1) is 12.3. The van der Waals surface area contributed by atoms with E-state index in [2.05, 4.69) is 5.32 Å². The second kappa shape index (κ2) is 6.58. The van der Waals surface area contributed by atoms with Gasteiger partial charge in [-0.3, -0.25) is 0 Å². The standard InChI is InChI=1S/C13H25NO2/c15-12-7-5-11(6-8-12)14-9-10-16-13-3-1-2-4-13/h11-15H,1-10H2. The van der Waals surface area contributed by atoms with Crippen molar-refractivity contribution in [2.75, 3.05) is 13.2 Å². The number of aliphatic hydroxyl groups excluding tert-OH is 1. The zero-order chi connectivity index (χ0) is 11.2. The van der Waals surface area contributed by atoms with Crippen LogP contribution in [0.15, 0.2) is 0 Å². The van der Waals surface area contributed by atoms with Gasteiger partial charge in [-0.15, -0.1) is 0 Å². The first-order valence-corrected chi connectivity index (χ1v) is 6.87. The molecule has 0 saturated heterocycles. The summed E-state index contributed by atoms with van der Waals surface area (Å²) in [6, 6.07) is 0.607. The Bertz CT molecular complexity index is 184. The smallest absolute Gasteiger partial charge is 0.0594 e. The van der Waals surface area contributed by atoms with E-state index in [1.54, 1.807) is 0 Å². The molecule has 0 unspecified atom stereocenters. The highest BCUT2D eigenvalue weighted by Gasteiger charge is 2.19. The average Bonchev–Trinajstić information content (AvgIpc) is 2.80. The number of ether oxygens (including phenoxy) is 1. The Hall–Kier alpha value is -0.120. The second-order valence-corrected chi connectivity index (χ2v) is 5.24. The molecule has 0 spiro atoms. The van der Waals surface area contributed by atoms with Gasteiger partial charge in [-0.2, -0.15) is 0 Å². The quantitative estimate of drug-likeness (QED) is 0.704. The van der Waals surface area contributed by atoms with Gasteiger partial charge in [0.15, 0.2) is 0 Å². The molecule has 16 heavy (non-hydrogen) atoms. The Kier molecular flexibility index (Phi) is 5.07. The Morgan fingerprint density at radius 3 is 2.38 bits per heavy atom. The van der Waals surface area contributed by atoms with Crippen LogP contribution in [0.1, 0.15) is 51.4 Å². The lowest BCUT2D eigenvalue weighted by molar-refractivity contribution is 0.0564. The minimum absolute atomic E-state index is 0.0483. The van der Waals surface area contributed by atoms with E-state index in [0.29, 0.717) is 12.1 Å². The third-order valence-corrected chi connectivity index (χ3v) is 3.89. The van der Waals surface area contributed by atoms with Crippen LogP contribution in [0.5, 0.6) is 0 Å². The summed E-state index contributed by atoms with van der Waals surface area (Å²) < 4.78 is 5.80. The first-order valence-electron chi connectivity index (χ1n) is 6.87. The van der Waals surface area contributed by atoms with Crippen LogP contribution >= 0.6 is 0 Å². The summed E-state index contributed by atoms with van der Waals surface area (Å²) in [5.74, 6) is 0. The highest BCUT2D eigenvalue weighted by atomic mass is 16.5. The summed E-state index contributed by atoms with van der Waals surface area (Å²) >= 11 is 0. The van der Waals surface area contributed by atoms with Crippen LogP contribution < -0.4 is 5.32 Å². The molecule has 2 aliphatic rings.